The van der Waals surface area contributed by atoms with Crippen molar-refractivity contribution in [3.8, 4) is 0 Å². The Labute approximate surface area is 167 Å². The summed E-state index contributed by atoms with van der Waals surface area (Å²) in [6, 6.07) is 3.15. The lowest BCUT2D eigenvalue weighted by Gasteiger charge is -2.37. The van der Waals surface area contributed by atoms with E-state index in [9.17, 15) is 14.7 Å². The van der Waals surface area contributed by atoms with Gasteiger partial charge in [-0.25, -0.2) is 9.67 Å². The summed E-state index contributed by atoms with van der Waals surface area (Å²) in [5, 5.41) is 19.5. The van der Waals surface area contributed by atoms with Crippen molar-refractivity contribution in [2.75, 3.05) is 18.0 Å². The zero-order chi connectivity index (χ0) is 19.5. The number of carbonyl (C=O) groups excluding carboxylic acids is 1. The molecule has 3 unspecified atom stereocenters. The van der Waals surface area contributed by atoms with Crippen LogP contribution in [0.5, 0.6) is 0 Å². The average molecular weight is 404 g/mol. The second-order valence-corrected chi connectivity index (χ2v) is 8.19. The number of aromatic nitrogens is 3. The van der Waals surface area contributed by atoms with Crippen molar-refractivity contribution in [3.63, 3.8) is 0 Å². The molecule has 4 rings (SSSR count). The van der Waals surface area contributed by atoms with E-state index in [0.29, 0.717) is 18.7 Å². The molecule has 1 aliphatic carbocycles. The molecule has 150 valence electrons. The van der Waals surface area contributed by atoms with Gasteiger partial charge in [0.05, 0.1) is 17.7 Å². The average Bonchev–Trinajstić information content (AvgIpc) is 3.39. The summed E-state index contributed by atoms with van der Waals surface area (Å²) in [5.41, 5.74) is 1.90. The van der Waals surface area contributed by atoms with Gasteiger partial charge in [-0.3, -0.25) is 9.59 Å². The van der Waals surface area contributed by atoms with Gasteiger partial charge < -0.3 is 15.3 Å². The smallest absolute Gasteiger partial charge is 0.270 e. The first-order chi connectivity index (χ1) is 13.6. The number of carbonyl (C=O) groups is 1. The van der Waals surface area contributed by atoms with E-state index in [1.54, 1.807) is 17.0 Å². The molecule has 0 aromatic carbocycles. The Bertz CT molecular complexity index is 869. The summed E-state index contributed by atoms with van der Waals surface area (Å²) in [5.74, 6) is 0.560. The van der Waals surface area contributed by atoms with Gasteiger partial charge in [0.1, 0.15) is 11.5 Å². The van der Waals surface area contributed by atoms with E-state index < -0.39 is 6.10 Å². The number of hydrogen-bond acceptors (Lipinski definition) is 7. The van der Waals surface area contributed by atoms with E-state index >= 15 is 0 Å². The molecule has 0 radical (unpaired) electrons. The van der Waals surface area contributed by atoms with E-state index in [1.165, 1.54) is 22.1 Å². The van der Waals surface area contributed by atoms with Gasteiger partial charge in [0.2, 0.25) is 0 Å². The topological polar surface area (TPSA) is 100 Å². The highest BCUT2D eigenvalue weighted by Gasteiger charge is 2.30. The first-order valence-electron chi connectivity index (χ1n) is 9.84. The Balaban J connectivity index is 1.51. The van der Waals surface area contributed by atoms with Crippen molar-refractivity contribution in [1.82, 2.24) is 20.1 Å². The fraction of sp³-hybridized carbons (Fsp3) is 0.579. The van der Waals surface area contributed by atoms with Crippen LogP contribution in [-0.2, 0) is 0 Å². The van der Waals surface area contributed by atoms with Gasteiger partial charge in [0.15, 0.2) is 0 Å². The maximum absolute atomic E-state index is 12.3. The number of nitrogens with zero attached hydrogens (tertiary/aromatic N) is 4. The number of amides is 1. The Morgan fingerprint density at radius 2 is 2.14 bits per heavy atom. The Hall–Kier alpha value is -2.26. The van der Waals surface area contributed by atoms with Gasteiger partial charge in [0.25, 0.3) is 11.5 Å². The lowest BCUT2D eigenvalue weighted by Crippen LogP contribution is -2.48. The Morgan fingerprint density at radius 1 is 1.25 bits per heavy atom. The van der Waals surface area contributed by atoms with Gasteiger partial charge in [0, 0.05) is 30.6 Å². The minimum Gasteiger partial charge on any atom is -0.391 e. The molecule has 2 N–H and O–H groups in total. The highest BCUT2D eigenvalue weighted by Crippen LogP contribution is 2.29. The van der Waals surface area contributed by atoms with E-state index in [4.69, 9.17) is 0 Å². The molecular formula is C19H25N5O3S. The number of anilines is 1. The standard InChI is InChI=1S/C19H25N5O3S/c25-16-6-3-5-15(16)24-18(26)8-7-17(22-24)23-9-2-1-4-13(23)10-20-19(27)14-11-28-12-21-14/h7-8,11-13,15-16,25H,1-6,9-10H2,(H,20,27). The van der Waals surface area contributed by atoms with Crippen LogP contribution in [0.2, 0.25) is 0 Å². The van der Waals surface area contributed by atoms with Crippen LogP contribution in [0.1, 0.15) is 55.1 Å². The van der Waals surface area contributed by atoms with E-state index in [1.807, 2.05) is 0 Å². The molecule has 2 aliphatic rings. The van der Waals surface area contributed by atoms with Crippen LogP contribution >= 0.6 is 11.3 Å². The second kappa shape index (κ2) is 8.40. The number of aliphatic hydroxyl groups is 1. The summed E-state index contributed by atoms with van der Waals surface area (Å²) < 4.78 is 1.45. The van der Waals surface area contributed by atoms with Crippen molar-refractivity contribution in [2.24, 2.45) is 0 Å². The summed E-state index contributed by atoms with van der Waals surface area (Å²) in [7, 11) is 0. The number of piperidine rings is 1. The Kier molecular flexibility index (Phi) is 5.72. The molecule has 1 saturated carbocycles. The third-order valence-corrected chi connectivity index (χ3v) is 6.24. The molecule has 3 heterocycles. The number of thiazole rings is 1. The largest absolute Gasteiger partial charge is 0.391 e. The van der Waals surface area contributed by atoms with Crippen LogP contribution in [-0.4, -0.2) is 51.0 Å². The van der Waals surface area contributed by atoms with Crippen LogP contribution in [0.25, 0.3) is 0 Å². The molecule has 28 heavy (non-hydrogen) atoms. The predicted molar refractivity (Wildman–Crippen MR) is 107 cm³/mol. The predicted octanol–water partition coefficient (Wildman–Crippen LogP) is 1.57. The number of hydrogen-bond donors (Lipinski definition) is 2. The lowest BCUT2D eigenvalue weighted by atomic mass is 10.0. The van der Waals surface area contributed by atoms with E-state index in [-0.39, 0.29) is 23.6 Å². The fourth-order valence-corrected chi connectivity index (χ4v) is 4.68. The van der Waals surface area contributed by atoms with Crippen LogP contribution < -0.4 is 15.8 Å². The maximum atomic E-state index is 12.3. The molecular weight excluding hydrogens is 378 g/mol. The Morgan fingerprint density at radius 3 is 2.89 bits per heavy atom. The van der Waals surface area contributed by atoms with Crippen LogP contribution in [0, 0.1) is 0 Å². The van der Waals surface area contributed by atoms with E-state index in [2.05, 4.69) is 20.3 Å². The molecule has 9 heteroatoms. The molecule has 1 saturated heterocycles. The third-order valence-electron chi connectivity index (χ3n) is 5.65. The summed E-state index contributed by atoms with van der Waals surface area (Å²) in [6.07, 6.45) is 4.94. The molecule has 1 amide bonds. The fourth-order valence-electron chi connectivity index (χ4n) is 4.15. The quantitative estimate of drug-likeness (QED) is 0.786. The third kappa shape index (κ3) is 3.95. The van der Waals surface area contributed by atoms with Crippen molar-refractivity contribution in [3.05, 3.63) is 39.1 Å². The van der Waals surface area contributed by atoms with Crippen LogP contribution in [0.4, 0.5) is 5.82 Å². The molecule has 2 aromatic rings. The lowest BCUT2D eigenvalue weighted by molar-refractivity contribution is 0.0945. The maximum Gasteiger partial charge on any atom is 0.270 e. The van der Waals surface area contributed by atoms with Gasteiger partial charge in [-0.05, 0) is 44.6 Å². The molecule has 2 aromatic heterocycles. The van der Waals surface area contributed by atoms with Crippen molar-refractivity contribution < 1.29 is 9.90 Å². The minimum absolute atomic E-state index is 0.114. The van der Waals surface area contributed by atoms with Gasteiger partial charge in [-0.2, -0.15) is 5.10 Å². The first-order valence-corrected chi connectivity index (χ1v) is 10.8. The number of nitrogens with one attached hydrogen (secondary N) is 1. The molecule has 8 nitrogen and oxygen atoms in total. The zero-order valence-electron chi connectivity index (χ0n) is 15.7. The SMILES string of the molecule is O=C(NCC1CCCCN1c1ccc(=O)n(C2CCCC2O)n1)c1cscn1. The normalized spacial score (nSPS) is 25.0. The highest BCUT2D eigenvalue weighted by atomic mass is 32.1. The second-order valence-electron chi connectivity index (χ2n) is 7.47. The van der Waals surface area contributed by atoms with Crippen LogP contribution in [0.3, 0.4) is 0 Å². The minimum atomic E-state index is -0.519. The highest BCUT2D eigenvalue weighted by molar-refractivity contribution is 7.07. The number of aliphatic hydroxyl groups excluding tert-OH is 1. The molecule has 2 fully saturated rings. The summed E-state index contributed by atoms with van der Waals surface area (Å²) in [6.45, 7) is 1.33. The summed E-state index contributed by atoms with van der Waals surface area (Å²) in [4.78, 5) is 30.8. The zero-order valence-corrected chi connectivity index (χ0v) is 16.5. The van der Waals surface area contributed by atoms with Crippen molar-refractivity contribution in [2.45, 2.75) is 56.7 Å². The van der Waals surface area contributed by atoms with Gasteiger partial charge in [-0.15, -0.1) is 11.3 Å². The van der Waals surface area contributed by atoms with E-state index in [0.717, 1.165) is 44.5 Å². The van der Waals surface area contributed by atoms with Gasteiger partial charge in [-0.1, -0.05) is 0 Å². The van der Waals surface area contributed by atoms with Gasteiger partial charge >= 0.3 is 0 Å². The van der Waals surface area contributed by atoms with Crippen molar-refractivity contribution >= 4 is 23.1 Å². The molecule has 3 atom stereocenters. The molecule has 1 aliphatic heterocycles. The number of rotatable bonds is 5. The van der Waals surface area contributed by atoms with Crippen LogP contribution in [0.15, 0.2) is 27.8 Å². The van der Waals surface area contributed by atoms with Crippen molar-refractivity contribution in [1.29, 1.82) is 0 Å². The first kappa shape index (κ1) is 19.1. The monoisotopic (exact) mass is 403 g/mol. The molecule has 0 spiro atoms. The molecule has 0 bridgehead atoms. The summed E-state index contributed by atoms with van der Waals surface area (Å²) >= 11 is 1.40.